The van der Waals surface area contributed by atoms with E-state index in [-0.39, 0.29) is 4.90 Å². The van der Waals surface area contributed by atoms with Crippen molar-refractivity contribution in [3.05, 3.63) is 18.2 Å². The molecule has 1 fully saturated rings. The van der Waals surface area contributed by atoms with E-state index in [9.17, 15) is 8.42 Å². The molecule has 1 aromatic carbocycles. The molecule has 1 unspecified atom stereocenters. The maximum Gasteiger partial charge on any atom is 0.238 e. The number of nitrogens with one attached hydrogen (secondary N) is 1. The molecule has 0 amide bonds. The average molecular weight is 312 g/mol. The molecule has 1 heterocycles. The predicted molar refractivity (Wildman–Crippen MR) is 85.5 cm³/mol. The first-order valence-corrected chi connectivity index (χ1v) is 8.71. The van der Waals surface area contributed by atoms with Gasteiger partial charge in [-0.2, -0.15) is 0 Å². The van der Waals surface area contributed by atoms with Crippen LogP contribution in [0.25, 0.3) is 0 Å². The Morgan fingerprint density at radius 1 is 1.38 bits per heavy atom. The average Bonchev–Trinajstić information content (AvgIpc) is 2.83. The number of anilines is 2. The lowest BCUT2D eigenvalue weighted by Gasteiger charge is -2.20. The molecule has 1 aromatic rings. The lowest BCUT2D eigenvalue weighted by Crippen LogP contribution is -2.29. The van der Waals surface area contributed by atoms with Gasteiger partial charge in [0.25, 0.3) is 0 Å². The highest BCUT2D eigenvalue weighted by molar-refractivity contribution is 7.89. The number of nitrogens with two attached hydrogens (primary N) is 2. The van der Waals surface area contributed by atoms with E-state index in [2.05, 4.69) is 24.1 Å². The second-order valence-electron chi connectivity index (χ2n) is 5.96. The minimum atomic E-state index is -3.73. The SMILES string of the molecule is CC(C)N1CCC(CNc2cc(N)cc(S(N)(=O)=O)c2)C1. The Labute approximate surface area is 126 Å². The van der Waals surface area contributed by atoms with E-state index in [1.807, 2.05) is 0 Å². The fourth-order valence-corrected chi connectivity index (χ4v) is 3.24. The molecule has 1 atom stereocenters. The minimum absolute atomic E-state index is 0.0419. The van der Waals surface area contributed by atoms with Crippen molar-refractivity contribution in [1.29, 1.82) is 0 Å². The summed E-state index contributed by atoms with van der Waals surface area (Å²) in [7, 11) is -3.73. The highest BCUT2D eigenvalue weighted by atomic mass is 32.2. The number of nitrogen functional groups attached to an aromatic ring is 1. The Morgan fingerprint density at radius 2 is 2.10 bits per heavy atom. The summed E-state index contributed by atoms with van der Waals surface area (Å²) in [6, 6.07) is 5.19. The molecule has 5 N–H and O–H groups in total. The van der Waals surface area contributed by atoms with Gasteiger partial charge in [0.2, 0.25) is 10.0 Å². The van der Waals surface area contributed by atoms with Crippen LogP contribution in [0.4, 0.5) is 11.4 Å². The van der Waals surface area contributed by atoms with Crippen molar-refractivity contribution in [2.24, 2.45) is 11.1 Å². The second kappa shape index (κ2) is 6.21. The summed E-state index contributed by atoms with van der Waals surface area (Å²) in [4.78, 5) is 2.49. The molecule has 1 saturated heterocycles. The van der Waals surface area contributed by atoms with Gasteiger partial charge in [-0.15, -0.1) is 0 Å². The van der Waals surface area contributed by atoms with E-state index in [0.29, 0.717) is 23.3 Å². The maximum atomic E-state index is 11.4. The Bertz CT molecular complexity index is 601. The third-order valence-electron chi connectivity index (χ3n) is 3.90. The number of benzene rings is 1. The molecule has 0 radical (unpaired) electrons. The molecule has 0 spiro atoms. The number of nitrogens with zero attached hydrogens (tertiary/aromatic N) is 1. The number of sulfonamides is 1. The smallest absolute Gasteiger partial charge is 0.238 e. The zero-order valence-electron chi connectivity index (χ0n) is 12.5. The van der Waals surface area contributed by atoms with Gasteiger partial charge in [-0.3, -0.25) is 0 Å². The zero-order chi connectivity index (χ0) is 15.6. The van der Waals surface area contributed by atoms with Crippen LogP contribution in [0.15, 0.2) is 23.1 Å². The first-order chi connectivity index (χ1) is 9.75. The monoisotopic (exact) mass is 312 g/mol. The van der Waals surface area contributed by atoms with Crippen LogP contribution in [-0.4, -0.2) is 39.0 Å². The molecule has 0 aliphatic carbocycles. The van der Waals surface area contributed by atoms with Gasteiger partial charge in [0.1, 0.15) is 0 Å². The zero-order valence-corrected chi connectivity index (χ0v) is 13.4. The molecule has 1 aliphatic heterocycles. The van der Waals surface area contributed by atoms with Crippen molar-refractivity contribution in [2.75, 3.05) is 30.7 Å². The van der Waals surface area contributed by atoms with Gasteiger partial charge in [0, 0.05) is 30.5 Å². The second-order valence-corrected chi connectivity index (χ2v) is 7.52. The van der Waals surface area contributed by atoms with Crippen LogP contribution in [0.2, 0.25) is 0 Å². The first-order valence-electron chi connectivity index (χ1n) is 7.17. The normalized spacial score (nSPS) is 20.1. The number of hydrogen-bond donors (Lipinski definition) is 3. The molecular formula is C14H24N4O2S. The third kappa shape index (κ3) is 4.33. The molecule has 0 bridgehead atoms. The highest BCUT2D eigenvalue weighted by Gasteiger charge is 2.23. The van der Waals surface area contributed by atoms with Gasteiger partial charge in [-0.1, -0.05) is 0 Å². The van der Waals surface area contributed by atoms with Crippen molar-refractivity contribution in [3.63, 3.8) is 0 Å². The van der Waals surface area contributed by atoms with Crippen LogP contribution in [0.1, 0.15) is 20.3 Å². The van der Waals surface area contributed by atoms with E-state index < -0.39 is 10.0 Å². The summed E-state index contributed by atoms with van der Waals surface area (Å²) >= 11 is 0. The van der Waals surface area contributed by atoms with Crippen LogP contribution < -0.4 is 16.2 Å². The summed E-state index contributed by atoms with van der Waals surface area (Å²) in [6.45, 7) is 7.38. The topological polar surface area (TPSA) is 101 Å². The van der Waals surface area contributed by atoms with Crippen LogP contribution >= 0.6 is 0 Å². The standard InChI is InChI=1S/C14H24N4O2S/c1-10(2)18-4-3-11(9-18)8-17-13-5-12(15)6-14(7-13)21(16,19)20/h5-7,10-11,17H,3-4,8-9,15H2,1-2H3,(H2,16,19,20). The van der Waals surface area contributed by atoms with Gasteiger partial charge < -0.3 is 16.0 Å². The fraction of sp³-hybridized carbons (Fsp3) is 0.571. The Morgan fingerprint density at radius 3 is 2.67 bits per heavy atom. The van der Waals surface area contributed by atoms with Crippen molar-refractivity contribution < 1.29 is 8.42 Å². The Hall–Kier alpha value is -1.31. The van der Waals surface area contributed by atoms with E-state index in [4.69, 9.17) is 10.9 Å². The van der Waals surface area contributed by atoms with E-state index in [0.717, 1.165) is 26.1 Å². The predicted octanol–water partition coefficient (Wildman–Crippen LogP) is 1.06. The lowest BCUT2D eigenvalue weighted by molar-refractivity contribution is 0.266. The summed E-state index contributed by atoms with van der Waals surface area (Å²) in [5, 5.41) is 8.42. The molecule has 0 aromatic heterocycles. The van der Waals surface area contributed by atoms with Gasteiger partial charge in [-0.25, -0.2) is 13.6 Å². The largest absolute Gasteiger partial charge is 0.399 e. The van der Waals surface area contributed by atoms with Crippen LogP contribution in [0.3, 0.4) is 0 Å². The molecule has 21 heavy (non-hydrogen) atoms. The highest BCUT2D eigenvalue weighted by Crippen LogP contribution is 2.22. The Balaban J connectivity index is 2.00. The molecule has 0 saturated carbocycles. The fourth-order valence-electron chi connectivity index (χ4n) is 2.65. The molecule has 6 nitrogen and oxygen atoms in total. The van der Waals surface area contributed by atoms with Gasteiger partial charge in [0.05, 0.1) is 4.90 Å². The van der Waals surface area contributed by atoms with Crippen LogP contribution in [-0.2, 0) is 10.0 Å². The van der Waals surface area contributed by atoms with Crippen molar-refractivity contribution in [1.82, 2.24) is 4.90 Å². The summed E-state index contributed by atoms with van der Waals surface area (Å²) in [5.41, 5.74) is 6.82. The summed E-state index contributed by atoms with van der Waals surface area (Å²) < 4.78 is 22.8. The quantitative estimate of drug-likeness (QED) is 0.706. The first kappa shape index (κ1) is 16.1. The third-order valence-corrected chi connectivity index (χ3v) is 4.79. The van der Waals surface area contributed by atoms with Crippen molar-refractivity contribution in [3.8, 4) is 0 Å². The van der Waals surface area contributed by atoms with Crippen molar-refractivity contribution >= 4 is 21.4 Å². The number of likely N-dealkylation sites (tertiary alicyclic amines) is 1. The van der Waals surface area contributed by atoms with Crippen LogP contribution in [0, 0.1) is 5.92 Å². The molecular weight excluding hydrogens is 288 g/mol. The van der Waals surface area contributed by atoms with Crippen molar-refractivity contribution in [2.45, 2.75) is 31.2 Å². The van der Waals surface area contributed by atoms with Gasteiger partial charge >= 0.3 is 0 Å². The molecule has 7 heteroatoms. The lowest BCUT2D eigenvalue weighted by atomic mass is 10.1. The van der Waals surface area contributed by atoms with Gasteiger partial charge in [-0.05, 0) is 50.9 Å². The van der Waals surface area contributed by atoms with Gasteiger partial charge in [0.15, 0.2) is 0 Å². The van der Waals surface area contributed by atoms with E-state index in [1.165, 1.54) is 12.1 Å². The molecule has 1 aliphatic rings. The number of primary sulfonamides is 1. The van der Waals surface area contributed by atoms with Crippen LogP contribution in [0.5, 0.6) is 0 Å². The summed E-state index contributed by atoms with van der Waals surface area (Å²) in [5.74, 6) is 0.562. The Kier molecular flexibility index (Phi) is 4.75. The van der Waals surface area contributed by atoms with E-state index in [1.54, 1.807) is 6.07 Å². The molecule has 2 rings (SSSR count). The number of rotatable bonds is 5. The minimum Gasteiger partial charge on any atom is -0.399 e. The number of hydrogen-bond acceptors (Lipinski definition) is 5. The van der Waals surface area contributed by atoms with E-state index >= 15 is 0 Å². The molecule has 118 valence electrons. The summed E-state index contributed by atoms with van der Waals surface area (Å²) in [6.07, 6.45) is 1.15. The maximum absolute atomic E-state index is 11.4.